The second-order valence-corrected chi connectivity index (χ2v) is 17.0. The second-order valence-electron chi connectivity index (χ2n) is 13.1. The number of rotatable bonds is 9. The number of esters is 1. The summed E-state index contributed by atoms with van der Waals surface area (Å²) in [5, 5.41) is 14.4. The average Bonchev–Trinajstić information content (AvgIpc) is 3.72. The third-order valence-electron chi connectivity index (χ3n) is 8.69. The number of benzene rings is 2. The zero-order chi connectivity index (χ0) is 37.6. The molecule has 0 aromatic heterocycles. The molecule has 4 aliphatic heterocycles. The highest BCUT2D eigenvalue weighted by atomic mass is 32.2. The van der Waals surface area contributed by atoms with Gasteiger partial charge in [0.1, 0.15) is 11.9 Å². The number of nitrogens with one attached hydrogen (secondary N) is 1. The predicted octanol–water partition coefficient (Wildman–Crippen LogP) is 3.69. The van der Waals surface area contributed by atoms with E-state index in [0.717, 1.165) is 10.4 Å². The summed E-state index contributed by atoms with van der Waals surface area (Å²) >= 11 is 0. The number of ether oxygens (including phenoxy) is 6. The molecule has 4 heterocycles. The number of aliphatic hydroxyl groups is 1. The molecule has 2 N–H and O–H groups in total. The van der Waals surface area contributed by atoms with E-state index in [2.05, 4.69) is 5.32 Å². The first-order valence-electron chi connectivity index (χ1n) is 17.1. The fourth-order valence-corrected chi connectivity index (χ4v) is 9.22. The van der Waals surface area contributed by atoms with Crippen LogP contribution in [-0.4, -0.2) is 107 Å². The smallest absolute Gasteiger partial charge is 0.417 e. The normalized spacial score (nSPS) is 28.2. The van der Waals surface area contributed by atoms with Gasteiger partial charge in [-0.25, -0.2) is 22.6 Å². The number of hydrogen-bond acceptors (Lipinski definition) is 14. The Bertz CT molecular complexity index is 1710. The molecule has 4 aliphatic rings. The Hall–Kier alpha value is -3.44. The van der Waals surface area contributed by atoms with Crippen LogP contribution in [0.15, 0.2) is 47.4 Å². The van der Waals surface area contributed by atoms with Gasteiger partial charge in [0.25, 0.3) is 0 Å². The molecular weight excluding hydrogens is 723 g/mol. The summed E-state index contributed by atoms with van der Waals surface area (Å²) in [5.74, 6) is -1.05. The SMILES string of the molecule is CCOC(=O)[C@H](C)OP1(=O)COc2ccc(cc2)C[C@H](NC(=O)O[C@H]2CO[C@H]3OCC[C@H]32)[C@H](O)CN(CC(C)C)S(=O)(=O)c2ccc(OC)c(c2)O1. The maximum Gasteiger partial charge on any atom is 0.417 e. The van der Waals surface area contributed by atoms with Crippen LogP contribution in [0.25, 0.3) is 0 Å². The number of alkyl carbamates (subject to hydrolysis) is 1. The lowest BCUT2D eigenvalue weighted by atomic mass is 10.0. The van der Waals surface area contributed by atoms with Crippen molar-refractivity contribution in [3.63, 3.8) is 0 Å². The zero-order valence-electron chi connectivity index (χ0n) is 29.8. The third kappa shape index (κ3) is 9.75. The molecule has 2 fully saturated rings. The lowest BCUT2D eigenvalue weighted by Crippen LogP contribution is -2.51. The Morgan fingerprint density at radius 1 is 1.12 bits per heavy atom. The highest BCUT2D eigenvalue weighted by Gasteiger charge is 2.44. The van der Waals surface area contributed by atoms with Crippen LogP contribution in [0.3, 0.4) is 0 Å². The van der Waals surface area contributed by atoms with Crippen molar-refractivity contribution in [2.24, 2.45) is 11.8 Å². The van der Waals surface area contributed by atoms with Crippen LogP contribution in [0.4, 0.5) is 4.79 Å². The van der Waals surface area contributed by atoms with Crippen LogP contribution in [0.2, 0.25) is 0 Å². The molecule has 4 bridgehead atoms. The summed E-state index contributed by atoms with van der Waals surface area (Å²) in [6, 6.07) is 9.26. The third-order valence-corrected chi connectivity index (χ3v) is 12.1. The topological polar surface area (TPSA) is 195 Å². The fourth-order valence-electron chi connectivity index (χ4n) is 6.11. The molecule has 6 rings (SSSR count). The van der Waals surface area contributed by atoms with E-state index in [1.165, 1.54) is 26.2 Å². The van der Waals surface area contributed by atoms with E-state index in [9.17, 15) is 27.7 Å². The van der Waals surface area contributed by atoms with Gasteiger partial charge < -0.3 is 43.4 Å². The number of nitrogens with zero attached hydrogens (tertiary/aromatic N) is 1. The summed E-state index contributed by atoms with van der Waals surface area (Å²) in [6.45, 7) is 6.92. The molecule has 2 saturated heterocycles. The highest BCUT2D eigenvalue weighted by Crippen LogP contribution is 2.52. The molecule has 0 radical (unpaired) electrons. The van der Waals surface area contributed by atoms with Crippen LogP contribution in [0.1, 0.15) is 39.7 Å². The second kappa shape index (κ2) is 17.1. The molecule has 1 unspecified atom stereocenters. The van der Waals surface area contributed by atoms with Gasteiger partial charge in [-0.3, -0.25) is 4.52 Å². The molecule has 7 atom stereocenters. The van der Waals surface area contributed by atoms with E-state index >= 15 is 0 Å². The van der Waals surface area contributed by atoms with E-state index in [1.807, 2.05) is 13.8 Å². The number of sulfonamides is 1. The van der Waals surface area contributed by atoms with E-state index in [1.54, 1.807) is 31.2 Å². The van der Waals surface area contributed by atoms with Gasteiger partial charge in [0.15, 0.2) is 23.9 Å². The van der Waals surface area contributed by atoms with Gasteiger partial charge >= 0.3 is 19.7 Å². The highest BCUT2D eigenvalue weighted by molar-refractivity contribution is 7.89. The Morgan fingerprint density at radius 2 is 1.87 bits per heavy atom. The molecule has 16 nitrogen and oxygen atoms in total. The van der Waals surface area contributed by atoms with Crippen molar-refractivity contribution in [1.82, 2.24) is 9.62 Å². The summed E-state index contributed by atoms with van der Waals surface area (Å²) in [4.78, 5) is 25.4. The van der Waals surface area contributed by atoms with Gasteiger partial charge in [0, 0.05) is 19.2 Å². The molecule has 288 valence electrons. The first-order valence-corrected chi connectivity index (χ1v) is 20.3. The van der Waals surface area contributed by atoms with Crippen LogP contribution >= 0.6 is 7.60 Å². The standard InChI is InChI=1S/C34H47N2O14PS/c1-6-44-32(38)22(4)49-51(40)20-47-24-9-7-23(8-10-24)15-27(35-34(39)48-31-19-46-33-26(31)13-14-45-33)28(37)18-36(17-21(2)3)52(41,42)25-11-12-29(43-5)30(16-25)50-51/h7-12,16,21-22,26-28,31,33,37H,6,13-15,17-20H2,1-5H3,(H,35,39)/t22-,26-,27-,28+,31-,33+,51?/m0/s1. The summed E-state index contributed by atoms with van der Waals surface area (Å²) < 4.78 is 88.5. The van der Waals surface area contributed by atoms with Crippen LogP contribution in [0, 0.1) is 11.8 Å². The molecule has 0 spiro atoms. The van der Waals surface area contributed by atoms with Crippen LogP contribution < -0.4 is 19.3 Å². The number of hydrogen-bond donors (Lipinski definition) is 2. The minimum absolute atomic E-state index is 0.00244. The molecule has 18 heteroatoms. The maximum atomic E-state index is 14.3. The van der Waals surface area contributed by atoms with E-state index in [-0.39, 0.29) is 60.2 Å². The predicted molar refractivity (Wildman–Crippen MR) is 185 cm³/mol. The van der Waals surface area contributed by atoms with Crippen molar-refractivity contribution < 1.29 is 65.1 Å². The number of aliphatic hydroxyl groups excluding tert-OH is 1. The van der Waals surface area contributed by atoms with Gasteiger partial charge in [0.2, 0.25) is 16.4 Å². The number of fused-ring (bicyclic) bond motifs is 11. The van der Waals surface area contributed by atoms with Crippen molar-refractivity contribution in [2.75, 3.05) is 46.4 Å². The van der Waals surface area contributed by atoms with Crippen molar-refractivity contribution in [3.05, 3.63) is 48.0 Å². The Kier molecular flexibility index (Phi) is 13.1. The minimum atomic E-state index is -4.40. The van der Waals surface area contributed by atoms with Crippen molar-refractivity contribution >= 4 is 29.7 Å². The molecule has 52 heavy (non-hydrogen) atoms. The van der Waals surface area contributed by atoms with Crippen molar-refractivity contribution in [2.45, 2.75) is 76.1 Å². The van der Waals surface area contributed by atoms with Crippen molar-refractivity contribution in [1.29, 1.82) is 0 Å². The first kappa shape index (κ1) is 39.8. The first-order chi connectivity index (χ1) is 24.7. The Morgan fingerprint density at radius 3 is 2.56 bits per heavy atom. The molecular formula is C34H47N2O14PS. The van der Waals surface area contributed by atoms with Gasteiger partial charge in [0.05, 0.1) is 49.9 Å². The lowest BCUT2D eigenvalue weighted by Gasteiger charge is -2.31. The van der Waals surface area contributed by atoms with Gasteiger partial charge in [-0.1, -0.05) is 26.0 Å². The number of carbonyl (C=O) groups is 2. The molecule has 0 aliphatic carbocycles. The number of methoxy groups -OCH3 is 1. The molecule has 2 aromatic rings. The van der Waals surface area contributed by atoms with E-state index in [4.69, 9.17) is 37.5 Å². The molecule has 0 saturated carbocycles. The van der Waals surface area contributed by atoms with E-state index < -0.39 is 73.2 Å². The summed E-state index contributed by atoms with van der Waals surface area (Å²) in [5.41, 5.74) is 0.649. The fraction of sp³-hybridized carbons (Fsp3) is 0.588. The number of amides is 1. The van der Waals surface area contributed by atoms with Crippen LogP contribution in [-0.2, 0) is 49.3 Å². The van der Waals surface area contributed by atoms with Crippen LogP contribution in [0.5, 0.6) is 17.2 Å². The summed E-state index contributed by atoms with van der Waals surface area (Å²) in [7, 11) is -7.45. The van der Waals surface area contributed by atoms with Gasteiger partial charge in [-0.15, -0.1) is 0 Å². The van der Waals surface area contributed by atoms with Gasteiger partial charge in [-0.05, 0) is 62.4 Å². The quantitative estimate of drug-likeness (QED) is 0.277. The lowest BCUT2D eigenvalue weighted by molar-refractivity contribution is -0.150. The van der Waals surface area contributed by atoms with Crippen molar-refractivity contribution in [3.8, 4) is 17.2 Å². The minimum Gasteiger partial charge on any atom is -0.493 e. The van der Waals surface area contributed by atoms with E-state index in [0.29, 0.717) is 18.6 Å². The zero-order valence-corrected chi connectivity index (χ0v) is 31.5. The number of carbonyl (C=O) groups excluding carboxylic acids is 2. The average molecular weight is 771 g/mol. The monoisotopic (exact) mass is 770 g/mol. The molecule has 1 amide bonds. The van der Waals surface area contributed by atoms with Gasteiger partial charge in [-0.2, -0.15) is 4.31 Å². The largest absolute Gasteiger partial charge is 0.493 e. The Labute approximate surface area is 303 Å². The summed E-state index contributed by atoms with van der Waals surface area (Å²) in [6.07, 6.45) is -4.43. The molecule has 2 aromatic carbocycles. The maximum absolute atomic E-state index is 14.3. The Balaban J connectivity index is 1.51.